The quantitative estimate of drug-likeness (QED) is 0.821. The monoisotopic (exact) mass is 304 g/mol. The van der Waals surface area contributed by atoms with E-state index in [4.69, 9.17) is 9.47 Å². The van der Waals surface area contributed by atoms with Crippen LogP contribution in [-0.2, 0) is 4.79 Å². The average molecular weight is 304 g/mol. The number of fused-ring (bicyclic) bond motifs is 1. The van der Waals surface area contributed by atoms with Gasteiger partial charge in [-0.1, -0.05) is 18.2 Å². The highest BCUT2D eigenvalue weighted by Gasteiger charge is 2.27. The van der Waals surface area contributed by atoms with Gasteiger partial charge >= 0.3 is 0 Å². The number of para-hydroxylation sites is 2. The molecule has 0 aliphatic carbocycles. The molecule has 21 heavy (non-hydrogen) atoms. The van der Waals surface area contributed by atoms with Gasteiger partial charge in [-0.15, -0.1) is 11.3 Å². The standard InChI is InChI=1S/C14H12N2O4S/c17-13(15-16-14(18)12-6-3-7-21-12)11-8-19-9-4-1-2-5-10(9)20-11/h1-7,11H,8H2,(H,15,17)(H,16,18)/t11-/m1/s1. The second-order valence-electron chi connectivity index (χ2n) is 4.28. The zero-order chi connectivity index (χ0) is 14.7. The fraction of sp³-hybridized carbons (Fsp3) is 0.143. The Bertz CT molecular complexity index is 657. The molecule has 1 atom stereocenters. The maximum Gasteiger partial charge on any atom is 0.283 e. The lowest BCUT2D eigenvalue weighted by Gasteiger charge is -2.25. The molecule has 2 heterocycles. The molecule has 6 nitrogen and oxygen atoms in total. The van der Waals surface area contributed by atoms with Crippen molar-refractivity contribution in [2.24, 2.45) is 0 Å². The molecule has 1 aliphatic heterocycles. The first-order valence-corrected chi connectivity index (χ1v) is 7.14. The smallest absolute Gasteiger partial charge is 0.283 e. The van der Waals surface area contributed by atoms with Crippen LogP contribution in [0.4, 0.5) is 0 Å². The summed E-state index contributed by atoms with van der Waals surface area (Å²) in [6, 6.07) is 10.5. The van der Waals surface area contributed by atoms with Gasteiger partial charge in [-0.2, -0.15) is 0 Å². The topological polar surface area (TPSA) is 76.7 Å². The van der Waals surface area contributed by atoms with Crippen molar-refractivity contribution in [2.45, 2.75) is 6.10 Å². The summed E-state index contributed by atoms with van der Waals surface area (Å²) in [4.78, 5) is 24.2. The van der Waals surface area contributed by atoms with E-state index in [0.717, 1.165) is 0 Å². The first-order chi connectivity index (χ1) is 10.2. The lowest BCUT2D eigenvalue weighted by atomic mass is 10.2. The van der Waals surface area contributed by atoms with E-state index >= 15 is 0 Å². The number of hydrazine groups is 1. The molecule has 0 radical (unpaired) electrons. The summed E-state index contributed by atoms with van der Waals surface area (Å²) in [5.41, 5.74) is 4.68. The van der Waals surface area contributed by atoms with Gasteiger partial charge in [0.05, 0.1) is 4.88 Å². The van der Waals surface area contributed by atoms with E-state index in [1.54, 1.807) is 35.7 Å². The number of benzene rings is 1. The van der Waals surface area contributed by atoms with Gasteiger partial charge in [0.2, 0.25) is 6.10 Å². The van der Waals surface area contributed by atoms with Crippen LogP contribution < -0.4 is 20.3 Å². The van der Waals surface area contributed by atoms with E-state index in [0.29, 0.717) is 16.4 Å². The van der Waals surface area contributed by atoms with Crippen molar-refractivity contribution >= 4 is 23.2 Å². The number of carbonyl (C=O) groups is 2. The Labute approximate surface area is 124 Å². The normalized spacial score (nSPS) is 16.1. The highest BCUT2D eigenvalue weighted by molar-refractivity contribution is 7.12. The van der Waals surface area contributed by atoms with Crippen LogP contribution in [0.25, 0.3) is 0 Å². The molecule has 0 saturated carbocycles. The number of carbonyl (C=O) groups excluding carboxylic acids is 2. The van der Waals surface area contributed by atoms with Crippen LogP contribution in [0.3, 0.4) is 0 Å². The van der Waals surface area contributed by atoms with Crippen molar-refractivity contribution in [3.8, 4) is 11.5 Å². The summed E-state index contributed by atoms with van der Waals surface area (Å²) < 4.78 is 11.0. The Morgan fingerprint density at radius 2 is 1.90 bits per heavy atom. The fourth-order valence-electron chi connectivity index (χ4n) is 1.82. The van der Waals surface area contributed by atoms with Crippen molar-refractivity contribution in [2.75, 3.05) is 6.61 Å². The molecule has 0 spiro atoms. The molecule has 0 bridgehead atoms. The Kier molecular flexibility index (Phi) is 3.74. The number of hydrogen-bond donors (Lipinski definition) is 2. The summed E-state index contributed by atoms with van der Waals surface area (Å²) in [5, 5.41) is 1.78. The van der Waals surface area contributed by atoms with Gasteiger partial charge in [-0.25, -0.2) is 0 Å². The Hall–Kier alpha value is -2.54. The Morgan fingerprint density at radius 3 is 2.67 bits per heavy atom. The Balaban J connectivity index is 1.56. The first-order valence-electron chi connectivity index (χ1n) is 6.26. The molecule has 0 saturated heterocycles. The van der Waals surface area contributed by atoms with Gasteiger partial charge in [0.25, 0.3) is 11.8 Å². The summed E-state index contributed by atoms with van der Waals surface area (Å²) in [7, 11) is 0. The second-order valence-corrected chi connectivity index (χ2v) is 5.23. The van der Waals surface area contributed by atoms with Gasteiger partial charge < -0.3 is 9.47 Å². The summed E-state index contributed by atoms with van der Waals surface area (Å²) in [6.07, 6.45) is -0.802. The number of thiophene rings is 1. The predicted octanol–water partition coefficient (Wildman–Crippen LogP) is 1.35. The van der Waals surface area contributed by atoms with E-state index < -0.39 is 12.0 Å². The van der Waals surface area contributed by atoms with Gasteiger partial charge in [-0.05, 0) is 23.6 Å². The lowest BCUT2D eigenvalue weighted by molar-refractivity contribution is -0.131. The van der Waals surface area contributed by atoms with Crippen LogP contribution in [-0.4, -0.2) is 24.5 Å². The molecule has 0 fully saturated rings. The highest BCUT2D eigenvalue weighted by Crippen LogP contribution is 2.30. The minimum absolute atomic E-state index is 0.0950. The molecule has 1 aliphatic rings. The lowest BCUT2D eigenvalue weighted by Crippen LogP contribution is -2.50. The summed E-state index contributed by atoms with van der Waals surface area (Å²) in [5.74, 6) is 0.280. The zero-order valence-electron chi connectivity index (χ0n) is 10.9. The van der Waals surface area contributed by atoms with Crippen molar-refractivity contribution in [1.82, 2.24) is 10.9 Å². The maximum atomic E-state index is 12.0. The molecule has 2 N–H and O–H groups in total. The van der Waals surface area contributed by atoms with Crippen molar-refractivity contribution in [3.63, 3.8) is 0 Å². The molecular weight excluding hydrogens is 292 g/mol. The number of hydrogen-bond acceptors (Lipinski definition) is 5. The second kappa shape index (κ2) is 5.84. The summed E-state index contributed by atoms with van der Waals surface area (Å²) >= 11 is 1.29. The average Bonchev–Trinajstić information content (AvgIpc) is 3.06. The van der Waals surface area contributed by atoms with E-state index in [2.05, 4.69) is 10.9 Å². The number of nitrogens with one attached hydrogen (secondary N) is 2. The number of amides is 2. The van der Waals surface area contributed by atoms with Crippen LogP contribution in [0.15, 0.2) is 41.8 Å². The molecule has 0 unspecified atom stereocenters. The molecule has 108 valence electrons. The minimum atomic E-state index is -0.802. The van der Waals surface area contributed by atoms with Gasteiger partial charge in [-0.3, -0.25) is 20.4 Å². The van der Waals surface area contributed by atoms with Gasteiger partial charge in [0.1, 0.15) is 6.61 Å². The molecule has 1 aromatic heterocycles. The van der Waals surface area contributed by atoms with Crippen LogP contribution >= 0.6 is 11.3 Å². The molecule has 7 heteroatoms. The SMILES string of the molecule is O=C(NNC(=O)[C@H]1COc2ccccc2O1)c1cccs1. The molecule has 2 amide bonds. The molecular formula is C14H12N2O4S. The molecule has 3 rings (SSSR count). The number of ether oxygens (including phenoxy) is 2. The van der Waals surface area contributed by atoms with Crippen molar-refractivity contribution in [1.29, 1.82) is 0 Å². The van der Waals surface area contributed by atoms with E-state index in [-0.39, 0.29) is 12.5 Å². The maximum absolute atomic E-state index is 12.0. The summed E-state index contributed by atoms with van der Waals surface area (Å²) in [6.45, 7) is 0.0950. The van der Waals surface area contributed by atoms with Crippen LogP contribution in [0.5, 0.6) is 11.5 Å². The third-order valence-electron chi connectivity index (χ3n) is 2.85. The Morgan fingerprint density at radius 1 is 1.10 bits per heavy atom. The fourth-order valence-corrected chi connectivity index (χ4v) is 2.44. The number of rotatable bonds is 2. The predicted molar refractivity (Wildman–Crippen MR) is 76.3 cm³/mol. The minimum Gasteiger partial charge on any atom is -0.485 e. The van der Waals surface area contributed by atoms with E-state index in [1.807, 2.05) is 6.07 Å². The third-order valence-corrected chi connectivity index (χ3v) is 3.71. The van der Waals surface area contributed by atoms with Crippen LogP contribution in [0.2, 0.25) is 0 Å². The van der Waals surface area contributed by atoms with Crippen molar-refractivity contribution < 1.29 is 19.1 Å². The third kappa shape index (κ3) is 2.97. The van der Waals surface area contributed by atoms with Crippen LogP contribution in [0.1, 0.15) is 9.67 Å². The van der Waals surface area contributed by atoms with Gasteiger partial charge in [0, 0.05) is 0 Å². The van der Waals surface area contributed by atoms with Gasteiger partial charge in [0.15, 0.2) is 11.5 Å². The van der Waals surface area contributed by atoms with E-state index in [1.165, 1.54) is 11.3 Å². The van der Waals surface area contributed by atoms with Crippen molar-refractivity contribution in [3.05, 3.63) is 46.7 Å². The van der Waals surface area contributed by atoms with Crippen LogP contribution in [0, 0.1) is 0 Å². The largest absolute Gasteiger partial charge is 0.485 e. The van der Waals surface area contributed by atoms with E-state index in [9.17, 15) is 9.59 Å². The first kappa shape index (κ1) is 13.4. The highest BCUT2D eigenvalue weighted by atomic mass is 32.1. The molecule has 2 aromatic rings. The zero-order valence-corrected chi connectivity index (χ0v) is 11.7. The molecule has 1 aromatic carbocycles.